The Bertz CT molecular complexity index is 810. The van der Waals surface area contributed by atoms with Gasteiger partial charge in [0.05, 0.1) is 12.7 Å². The van der Waals surface area contributed by atoms with E-state index in [1.165, 1.54) is 18.2 Å². The maximum atomic E-state index is 11.5. The maximum absolute atomic E-state index is 11.5. The molecule has 0 saturated carbocycles. The molecule has 0 aromatic heterocycles. The highest BCUT2D eigenvalue weighted by Gasteiger charge is 2.20. The number of methoxy groups -OCH3 is 1. The van der Waals surface area contributed by atoms with Gasteiger partial charge in [-0.05, 0) is 48.7 Å². The molecular formula is C24H29ClN2O2. The van der Waals surface area contributed by atoms with Crippen molar-refractivity contribution in [1.82, 2.24) is 9.80 Å². The van der Waals surface area contributed by atoms with E-state index in [0.717, 1.165) is 44.2 Å². The van der Waals surface area contributed by atoms with Crippen LogP contribution in [0.5, 0.6) is 0 Å². The summed E-state index contributed by atoms with van der Waals surface area (Å²) in [6.45, 7) is 7.57. The Kier molecular flexibility index (Phi) is 7.87. The SMILES string of the molecule is COC(=O)c1ccc(CC(C)N2CCN(CC=Cc3ccc(Cl)cc3)CC2)cc1. The Balaban J connectivity index is 1.42. The van der Waals surface area contributed by atoms with Crippen LogP contribution in [0, 0.1) is 0 Å². The summed E-state index contributed by atoms with van der Waals surface area (Å²) >= 11 is 5.93. The summed E-state index contributed by atoms with van der Waals surface area (Å²) in [5.74, 6) is -0.286. The highest BCUT2D eigenvalue weighted by molar-refractivity contribution is 6.30. The van der Waals surface area contributed by atoms with E-state index in [2.05, 4.69) is 28.9 Å². The Labute approximate surface area is 178 Å². The number of carbonyl (C=O) groups is 1. The lowest BCUT2D eigenvalue weighted by molar-refractivity contribution is 0.0600. The number of rotatable bonds is 7. The third-order valence-electron chi connectivity index (χ3n) is 5.48. The van der Waals surface area contributed by atoms with Gasteiger partial charge in [-0.2, -0.15) is 0 Å². The molecule has 1 aliphatic heterocycles. The first-order chi connectivity index (χ1) is 14.0. The fraction of sp³-hybridized carbons (Fsp3) is 0.375. The number of hydrogen-bond acceptors (Lipinski definition) is 4. The third-order valence-corrected chi connectivity index (χ3v) is 5.73. The van der Waals surface area contributed by atoms with Gasteiger partial charge < -0.3 is 4.74 Å². The average molecular weight is 413 g/mol. The van der Waals surface area contributed by atoms with Gasteiger partial charge in [0.15, 0.2) is 0 Å². The Hall–Kier alpha value is -2.14. The quantitative estimate of drug-likeness (QED) is 0.631. The number of ether oxygens (including phenoxy) is 1. The molecule has 0 radical (unpaired) electrons. The standard InChI is InChI=1S/C24H29ClN2O2/c1-19(18-21-5-9-22(10-6-21)24(28)29-2)27-16-14-26(15-17-27)13-3-4-20-7-11-23(25)12-8-20/h3-12,19H,13-18H2,1-2H3. The molecule has 1 unspecified atom stereocenters. The molecule has 0 spiro atoms. The summed E-state index contributed by atoms with van der Waals surface area (Å²) in [6, 6.07) is 16.1. The predicted octanol–water partition coefficient (Wildman–Crippen LogP) is 4.39. The second-order valence-electron chi connectivity index (χ2n) is 7.53. The molecule has 29 heavy (non-hydrogen) atoms. The number of esters is 1. The topological polar surface area (TPSA) is 32.8 Å². The number of piperazine rings is 1. The van der Waals surface area contributed by atoms with Gasteiger partial charge in [0.1, 0.15) is 0 Å². The highest BCUT2D eigenvalue weighted by atomic mass is 35.5. The van der Waals surface area contributed by atoms with E-state index in [9.17, 15) is 4.79 Å². The van der Waals surface area contributed by atoms with Crippen LogP contribution < -0.4 is 0 Å². The summed E-state index contributed by atoms with van der Waals surface area (Å²) < 4.78 is 4.76. The minimum atomic E-state index is -0.286. The van der Waals surface area contributed by atoms with E-state index >= 15 is 0 Å². The van der Waals surface area contributed by atoms with Crippen molar-refractivity contribution < 1.29 is 9.53 Å². The van der Waals surface area contributed by atoms with Crippen molar-refractivity contribution in [3.05, 3.63) is 76.3 Å². The molecule has 4 nitrogen and oxygen atoms in total. The molecule has 1 fully saturated rings. The van der Waals surface area contributed by atoms with E-state index < -0.39 is 0 Å². The van der Waals surface area contributed by atoms with Gasteiger partial charge in [-0.3, -0.25) is 9.80 Å². The predicted molar refractivity (Wildman–Crippen MR) is 119 cm³/mol. The zero-order valence-corrected chi connectivity index (χ0v) is 17.9. The van der Waals surface area contributed by atoms with Crippen LogP contribution >= 0.6 is 11.6 Å². The van der Waals surface area contributed by atoms with Gasteiger partial charge in [-0.1, -0.05) is 48.0 Å². The molecule has 1 aliphatic rings. The van der Waals surface area contributed by atoms with E-state index in [0.29, 0.717) is 11.6 Å². The molecule has 5 heteroatoms. The van der Waals surface area contributed by atoms with Crippen LogP contribution in [-0.4, -0.2) is 61.6 Å². The zero-order valence-electron chi connectivity index (χ0n) is 17.2. The first-order valence-corrected chi connectivity index (χ1v) is 10.5. The Morgan fingerprint density at radius 2 is 1.72 bits per heavy atom. The van der Waals surface area contributed by atoms with Gasteiger partial charge in [-0.25, -0.2) is 4.79 Å². The largest absolute Gasteiger partial charge is 0.465 e. The molecular weight excluding hydrogens is 384 g/mol. The average Bonchev–Trinajstić information content (AvgIpc) is 2.75. The van der Waals surface area contributed by atoms with Crippen molar-refractivity contribution in [2.45, 2.75) is 19.4 Å². The summed E-state index contributed by atoms with van der Waals surface area (Å²) in [5, 5.41) is 0.770. The van der Waals surface area contributed by atoms with Crippen molar-refractivity contribution in [2.24, 2.45) is 0 Å². The van der Waals surface area contributed by atoms with Crippen LogP contribution in [-0.2, 0) is 11.2 Å². The Morgan fingerprint density at radius 1 is 1.07 bits per heavy atom. The summed E-state index contributed by atoms with van der Waals surface area (Å²) in [4.78, 5) is 16.6. The first-order valence-electron chi connectivity index (χ1n) is 10.1. The molecule has 2 aromatic rings. The van der Waals surface area contributed by atoms with Gasteiger partial charge >= 0.3 is 5.97 Å². The lowest BCUT2D eigenvalue weighted by Gasteiger charge is -2.37. The molecule has 2 aromatic carbocycles. The van der Waals surface area contributed by atoms with E-state index in [1.54, 1.807) is 0 Å². The maximum Gasteiger partial charge on any atom is 0.337 e. The van der Waals surface area contributed by atoms with E-state index in [1.807, 2.05) is 48.5 Å². The fourth-order valence-electron chi connectivity index (χ4n) is 3.66. The van der Waals surface area contributed by atoms with Crippen LogP contribution in [0.1, 0.15) is 28.4 Å². The van der Waals surface area contributed by atoms with Crippen LogP contribution in [0.2, 0.25) is 5.02 Å². The smallest absolute Gasteiger partial charge is 0.337 e. The van der Waals surface area contributed by atoms with Crippen LogP contribution in [0.3, 0.4) is 0 Å². The third kappa shape index (κ3) is 6.43. The molecule has 154 valence electrons. The molecule has 0 bridgehead atoms. The molecule has 0 amide bonds. The van der Waals surface area contributed by atoms with Crippen molar-refractivity contribution >= 4 is 23.6 Å². The zero-order chi connectivity index (χ0) is 20.6. The van der Waals surface area contributed by atoms with E-state index in [-0.39, 0.29) is 5.97 Å². The van der Waals surface area contributed by atoms with Gasteiger partial charge in [-0.15, -0.1) is 0 Å². The van der Waals surface area contributed by atoms with Crippen molar-refractivity contribution in [1.29, 1.82) is 0 Å². The normalized spacial score (nSPS) is 16.8. The van der Waals surface area contributed by atoms with Crippen molar-refractivity contribution in [3.63, 3.8) is 0 Å². The molecule has 1 heterocycles. The minimum absolute atomic E-state index is 0.286. The monoisotopic (exact) mass is 412 g/mol. The fourth-order valence-corrected chi connectivity index (χ4v) is 3.79. The van der Waals surface area contributed by atoms with Gasteiger partial charge in [0.2, 0.25) is 0 Å². The van der Waals surface area contributed by atoms with Gasteiger partial charge in [0, 0.05) is 43.8 Å². The molecule has 3 rings (SSSR count). The number of nitrogens with zero attached hydrogens (tertiary/aromatic N) is 2. The number of halogens is 1. The van der Waals surface area contributed by atoms with Crippen LogP contribution in [0.15, 0.2) is 54.6 Å². The molecule has 1 atom stereocenters. The minimum Gasteiger partial charge on any atom is -0.465 e. The number of carbonyl (C=O) groups excluding carboxylic acids is 1. The lowest BCUT2D eigenvalue weighted by atomic mass is 10.0. The summed E-state index contributed by atoms with van der Waals surface area (Å²) in [6.07, 6.45) is 5.37. The second-order valence-corrected chi connectivity index (χ2v) is 7.97. The molecule has 0 aliphatic carbocycles. The summed E-state index contributed by atoms with van der Waals surface area (Å²) in [5.41, 5.74) is 3.03. The van der Waals surface area contributed by atoms with Crippen molar-refractivity contribution in [2.75, 3.05) is 39.8 Å². The lowest BCUT2D eigenvalue weighted by Crippen LogP contribution is -2.50. The summed E-state index contributed by atoms with van der Waals surface area (Å²) in [7, 11) is 1.41. The van der Waals surface area contributed by atoms with Gasteiger partial charge in [0.25, 0.3) is 0 Å². The van der Waals surface area contributed by atoms with Crippen LogP contribution in [0.4, 0.5) is 0 Å². The molecule has 0 N–H and O–H groups in total. The highest BCUT2D eigenvalue weighted by Crippen LogP contribution is 2.14. The Morgan fingerprint density at radius 3 is 2.34 bits per heavy atom. The second kappa shape index (κ2) is 10.6. The van der Waals surface area contributed by atoms with E-state index in [4.69, 9.17) is 16.3 Å². The van der Waals surface area contributed by atoms with Crippen molar-refractivity contribution in [3.8, 4) is 0 Å². The number of hydrogen-bond donors (Lipinski definition) is 0. The van der Waals surface area contributed by atoms with Crippen LogP contribution in [0.25, 0.3) is 6.08 Å². The molecule has 1 saturated heterocycles. The first kappa shape index (κ1) is 21.6. The number of benzene rings is 2.